The average molecular weight is 354 g/mol. The van der Waals surface area contributed by atoms with Crippen molar-refractivity contribution in [1.82, 2.24) is 20.0 Å². The van der Waals surface area contributed by atoms with Crippen LogP contribution in [0.3, 0.4) is 0 Å². The van der Waals surface area contributed by atoms with E-state index in [1.165, 1.54) is 0 Å². The molecule has 0 aliphatic carbocycles. The summed E-state index contributed by atoms with van der Waals surface area (Å²) in [5.74, 6) is 0.226. The molecular weight excluding hydrogens is 332 g/mol. The zero-order chi connectivity index (χ0) is 17.5. The maximum Gasteiger partial charge on any atom is 0.154 e. The van der Waals surface area contributed by atoms with Crippen molar-refractivity contribution in [3.8, 4) is 11.4 Å². The molecule has 0 radical (unpaired) electrons. The zero-order valence-corrected chi connectivity index (χ0v) is 14.9. The van der Waals surface area contributed by atoms with Crippen LogP contribution in [0.4, 0.5) is 0 Å². The van der Waals surface area contributed by atoms with E-state index in [0.717, 1.165) is 55.5 Å². The van der Waals surface area contributed by atoms with Gasteiger partial charge in [0.05, 0.1) is 11.9 Å². The lowest BCUT2D eigenvalue weighted by Crippen LogP contribution is -1.99. The highest BCUT2D eigenvalue weighted by Crippen LogP contribution is 2.23. The predicted octanol–water partition coefficient (Wildman–Crippen LogP) is 4.38. The van der Waals surface area contributed by atoms with Gasteiger partial charge in [0.2, 0.25) is 0 Å². The van der Waals surface area contributed by atoms with E-state index in [4.69, 9.17) is 12.2 Å². The number of aromatic hydroxyl groups is 1. The molecule has 0 atom stereocenters. The molecule has 1 aromatic carbocycles. The van der Waals surface area contributed by atoms with Gasteiger partial charge in [-0.15, -0.1) is 0 Å². The lowest BCUT2D eigenvalue weighted by atomic mass is 10.1. The number of unbranched alkanes of at least 4 members (excludes halogenated alkanes) is 3. The molecule has 0 aliphatic heterocycles. The molecule has 0 spiro atoms. The molecule has 0 amide bonds. The van der Waals surface area contributed by atoms with E-state index in [2.05, 4.69) is 15.4 Å². The minimum absolute atomic E-state index is 0.226. The van der Waals surface area contributed by atoms with Crippen molar-refractivity contribution >= 4 is 12.2 Å². The van der Waals surface area contributed by atoms with Crippen LogP contribution in [0.2, 0.25) is 0 Å². The van der Waals surface area contributed by atoms with Gasteiger partial charge in [0.1, 0.15) is 0 Å². The van der Waals surface area contributed by atoms with Crippen LogP contribution in [-0.4, -0.2) is 25.1 Å². The summed E-state index contributed by atoms with van der Waals surface area (Å²) in [6, 6.07) is 11.8. The van der Waals surface area contributed by atoms with Gasteiger partial charge in [-0.05, 0) is 49.4 Å². The number of aromatic nitrogens is 4. The van der Waals surface area contributed by atoms with Gasteiger partial charge in [-0.3, -0.25) is 0 Å². The van der Waals surface area contributed by atoms with E-state index in [1.807, 2.05) is 47.2 Å². The normalized spacial score (nSPS) is 10.9. The van der Waals surface area contributed by atoms with Crippen molar-refractivity contribution in [3.63, 3.8) is 0 Å². The third-order valence-electron chi connectivity index (χ3n) is 4.28. The molecule has 0 saturated heterocycles. The fourth-order valence-electron chi connectivity index (χ4n) is 2.88. The fourth-order valence-corrected chi connectivity index (χ4v) is 3.17. The highest BCUT2D eigenvalue weighted by Gasteiger charge is 2.07. The number of rotatable bonds is 8. The molecule has 2 heterocycles. The molecular formula is C19H22N4OS. The quantitative estimate of drug-likeness (QED) is 0.465. The van der Waals surface area contributed by atoms with Crippen LogP contribution in [0.5, 0.6) is 5.75 Å². The van der Waals surface area contributed by atoms with Gasteiger partial charge in [0.15, 0.2) is 10.4 Å². The van der Waals surface area contributed by atoms with Crippen LogP contribution in [0.15, 0.2) is 48.8 Å². The molecule has 130 valence electrons. The Morgan fingerprint density at radius 1 is 1.00 bits per heavy atom. The summed E-state index contributed by atoms with van der Waals surface area (Å²) in [4.78, 5) is 0. The number of H-pyrrole nitrogens is 1. The largest absolute Gasteiger partial charge is 0.505 e. The Morgan fingerprint density at radius 3 is 2.48 bits per heavy atom. The Balaban J connectivity index is 1.51. The van der Waals surface area contributed by atoms with Crippen LogP contribution in [0.25, 0.3) is 5.69 Å². The summed E-state index contributed by atoms with van der Waals surface area (Å²) < 4.78 is 2.31. The van der Waals surface area contributed by atoms with Crippen molar-refractivity contribution < 1.29 is 5.11 Å². The zero-order valence-electron chi connectivity index (χ0n) is 14.1. The van der Waals surface area contributed by atoms with E-state index in [-0.39, 0.29) is 5.75 Å². The van der Waals surface area contributed by atoms with Crippen molar-refractivity contribution in [2.24, 2.45) is 0 Å². The SMILES string of the molecule is Oc1c(CCCCCCc2cn[nH]n2)ccn(-c2ccccc2)c1=S. The fraction of sp³-hybridized carbons (Fsp3) is 0.316. The number of aryl methyl sites for hydroxylation is 2. The number of pyridine rings is 1. The lowest BCUT2D eigenvalue weighted by Gasteiger charge is -2.11. The second-order valence-electron chi connectivity index (χ2n) is 6.08. The van der Waals surface area contributed by atoms with Crippen LogP contribution in [0.1, 0.15) is 36.9 Å². The summed E-state index contributed by atoms with van der Waals surface area (Å²) in [7, 11) is 0. The van der Waals surface area contributed by atoms with Crippen molar-refractivity contribution in [1.29, 1.82) is 0 Å². The van der Waals surface area contributed by atoms with Crippen LogP contribution >= 0.6 is 12.2 Å². The number of hydrogen-bond donors (Lipinski definition) is 2. The monoisotopic (exact) mass is 354 g/mol. The van der Waals surface area contributed by atoms with Gasteiger partial charge in [0, 0.05) is 11.9 Å². The van der Waals surface area contributed by atoms with Crippen molar-refractivity contribution in [2.45, 2.75) is 38.5 Å². The average Bonchev–Trinajstić information content (AvgIpc) is 3.15. The summed E-state index contributed by atoms with van der Waals surface area (Å²) in [5.41, 5.74) is 2.90. The summed E-state index contributed by atoms with van der Waals surface area (Å²) >= 11 is 5.43. The van der Waals surface area contributed by atoms with Crippen molar-refractivity contribution in [3.05, 3.63) is 64.7 Å². The first-order valence-electron chi connectivity index (χ1n) is 8.59. The molecule has 0 fully saturated rings. The van der Waals surface area contributed by atoms with Crippen LogP contribution < -0.4 is 0 Å². The van der Waals surface area contributed by atoms with Gasteiger partial charge >= 0.3 is 0 Å². The van der Waals surface area contributed by atoms with E-state index in [9.17, 15) is 5.11 Å². The molecule has 6 heteroatoms. The molecule has 0 bridgehead atoms. The highest BCUT2D eigenvalue weighted by atomic mass is 32.1. The predicted molar refractivity (Wildman–Crippen MR) is 101 cm³/mol. The van der Waals surface area contributed by atoms with Crippen LogP contribution in [-0.2, 0) is 12.8 Å². The molecule has 2 aromatic heterocycles. The Hall–Kier alpha value is -2.47. The summed E-state index contributed by atoms with van der Waals surface area (Å²) in [6.45, 7) is 0. The number of nitrogens with one attached hydrogen (secondary N) is 1. The third kappa shape index (κ3) is 4.54. The molecule has 3 rings (SSSR count). The first-order valence-corrected chi connectivity index (χ1v) is 9.00. The van der Waals surface area contributed by atoms with Gasteiger partial charge in [-0.2, -0.15) is 15.4 Å². The standard InChI is InChI=1S/C19H22N4OS/c24-18-15(8-4-1-2-5-9-16-14-20-22-21-16)12-13-23(19(18)25)17-10-6-3-7-11-17/h3,6-7,10-14,24H,1-2,4-5,8-9H2,(H,20,21,22). The Bertz CT molecular complexity index is 844. The Labute approximate surface area is 152 Å². The van der Waals surface area contributed by atoms with Gasteiger partial charge in [-0.25, -0.2) is 0 Å². The number of aromatic amines is 1. The Morgan fingerprint density at radius 2 is 1.76 bits per heavy atom. The van der Waals surface area contributed by atoms with Crippen LogP contribution in [0, 0.1) is 4.64 Å². The first-order chi connectivity index (χ1) is 12.3. The van der Waals surface area contributed by atoms with E-state index < -0.39 is 0 Å². The number of nitrogens with zero attached hydrogens (tertiary/aromatic N) is 3. The lowest BCUT2D eigenvalue weighted by molar-refractivity contribution is 0.458. The summed E-state index contributed by atoms with van der Waals surface area (Å²) in [6.07, 6.45) is 9.93. The number of benzene rings is 1. The second-order valence-corrected chi connectivity index (χ2v) is 6.46. The molecule has 0 aliphatic rings. The molecule has 5 nitrogen and oxygen atoms in total. The molecule has 0 unspecified atom stereocenters. The van der Waals surface area contributed by atoms with E-state index >= 15 is 0 Å². The van der Waals surface area contributed by atoms with E-state index in [1.54, 1.807) is 6.20 Å². The smallest absolute Gasteiger partial charge is 0.154 e. The van der Waals surface area contributed by atoms with Crippen molar-refractivity contribution in [2.75, 3.05) is 0 Å². The topological polar surface area (TPSA) is 66.7 Å². The molecule has 0 saturated carbocycles. The second kappa shape index (κ2) is 8.58. The van der Waals surface area contributed by atoms with Gasteiger partial charge < -0.3 is 9.67 Å². The van der Waals surface area contributed by atoms with E-state index in [0.29, 0.717) is 4.64 Å². The summed E-state index contributed by atoms with van der Waals surface area (Å²) in [5, 5.41) is 20.9. The number of hydrogen-bond acceptors (Lipinski definition) is 4. The highest BCUT2D eigenvalue weighted by molar-refractivity contribution is 7.71. The molecule has 25 heavy (non-hydrogen) atoms. The van der Waals surface area contributed by atoms with Gasteiger partial charge in [-0.1, -0.05) is 43.3 Å². The first kappa shape index (κ1) is 17.4. The maximum atomic E-state index is 10.4. The molecule has 3 aromatic rings. The number of para-hydroxylation sites is 1. The maximum absolute atomic E-state index is 10.4. The minimum Gasteiger partial charge on any atom is -0.505 e. The van der Waals surface area contributed by atoms with Gasteiger partial charge in [0.25, 0.3) is 0 Å². The third-order valence-corrected chi connectivity index (χ3v) is 4.67. The molecule has 2 N–H and O–H groups in total. The minimum atomic E-state index is 0.226. The Kier molecular flexibility index (Phi) is 5.95.